The Hall–Kier alpha value is -1.03. The molecule has 0 aromatic heterocycles. The van der Waals surface area contributed by atoms with Crippen LogP contribution in [0.15, 0.2) is 22.8 Å². The second-order valence-electron chi connectivity index (χ2n) is 5.24. The zero-order valence-electron chi connectivity index (χ0n) is 9.39. The largest absolute Gasteiger partial charge is 0.193 e. The van der Waals surface area contributed by atoms with Crippen molar-refractivity contribution in [1.29, 1.82) is 5.26 Å². The van der Waals surface area contributed by atoms with E-state index in [0.29, 0.717) is 11.3 Å². The van der Waals surface area contributed by atoms with Gasteiger partial charge in [-0.05, 0) is 43.1 Å². The minimum Gasteiger partial charge on any atom is -0.193 e. The van der Waals surface area contributed by atoms with Crippen molar-refractivity contribution in [2.45, 2.75) is 34.1 Å². The van der Waals surface area contributed by atoms with Gasteiger partial charge in [0.15, 0.2) is 0 Å². The Morgan fingerprint density at radius 1 is 1.50 bits per heavy atom. The zero-order chi connectivity index (χ0) is 10.5. The van der Waals surface area contributed by atoms with E-state index in [1.807, 2.05) is 6.92 Å². The lowest BCUT2D eigenvalue weighted by Gasteiger charge is -2.57. The Morgan fingerprint density at radius 3 is 2.57 bits per heavy atom. The lowest BCUT2D eigenvalue weighted by Crippen LogP contribution is -2.48. The highest BCUT2D eigenvalue weighted by Gasteiger charge is 2.52. The van der Waals surface area contributed by atoms with Crippen molar-refractivity contribution >= 4 is 0 Å². The minimum absolute atomic E-state index is 0.381. The third-order valence-corrected chi connectivity index (χ3v) is 4.18. The summed E-state index contributed by atoms with van der Waals surface area (Å²) in [6, 6.07) is 2.28. The molecular formula is C13H17N. The summed E-state index contributed by atoms with van der Waals surface area (Å²) in [5, 5.41) is 8.94. The maximum absolute atomic E-state index is 8.94. The summed E-state index contributed by atoms with van der Waals surface area (Å²) in [4.78, 5) is 0. The topological polar surface area (TPSA) is 23.8 Å². The van der Waals surface area contributed by atoms with Crippen LogP contribution in [0.5, 0.6) is 0 Å². The van der Waals surface area contributed by atoms with Crippen molar-refractivity contribution in [1.82, 2.24) is 0 Å². The summed E-state index contributed by atoms with van der Waals surface area (Å²) in [6.45, 7) is 8.79. The van der Waals surface area contributed by atoms with Crippen LogP contribution in [-0.2, 0) is 0 Å². The SMILES string of the molecule is CC1=C/C(=C(\C)C#N)C2CC1C2(C)C. The van der Waals surface area contributed by atoms with Gasteiger partial charge in [0.2, 0.25) is 0 Å². The summed E-state index contributed by atoms with van der Waals surface area (Å²) in [7, 11) is 0. The van der Waals surface area contributed by atoms with E-state index < -0.39 is 0 Å². The molecule has 2 unspecified atom stereocenters. The number of nitriles is 1. The van der Waals surface area contributed by atoms with Gasteiger partial charge in [-0.2, -0.15) is 5.26 Å². The average molecular weight is 187 g/mol. The molecule has 1 nitrogen and oxygen atoms in total. The number of hydrogen-bond donors (Lipinski definition) is 0. The first kappa shape index (κ1) is 9.52. The molecule has 2 bridgehead atoms. The highest BCUT2D eigenvalue weighted by molar-refractivity contribution is 5.45. The smallest absolute Gasteiger partial charge is 0.0947 e. The fourth-order valence-electron chi connectivity index (χ4n) is 3.11. The van der Waals surface area contributed by atoms with Crippen LogP contribution in [0.4, 0.5) is 0 Å². The van der Waals surface area contributed by atoms with Crippen LogP contribution in [0.3, 0.4) is 0 Å². The summed E-state index contributed by atoms with van der Waals surface area (Å²) in [5.41, 5.74) is 4.03. The molecule has 2 atom stereocenters. The van der Waals surface area contributed by atoms with Crippen LogP contribution in [0.2, 0.25) is 0 Å². The van der Waals surface area contributed by atoms with Gasteiger partial charge in [0.05, 0.1) is 6.07 Å². The van der Waals surface area contributed by atoms with Gasteiger partial charge in [-0.25, -0.2) is 0 Å². The van der Waals surface area contributed by atoms with Gasteiger partial charge >= 0.3 is 0 Å². The van der Waals surface area contributed by atoms with Gasteiger partial charge in [0.25, 0.3) is 0 Å². The fourth-order valence-corrected chi connectivity index (χ4v) is 3.11. The number of fused-ring (bicyclic) bond motifs is 1. The minimum atomic E-state index is 0.381. The van der Waals surface area contributed by atoms with E-state index in [1.54, 1.807) is 0 Å². The molecule has 0 N–H and O–H groups in total. The second kappa shape index (κ2) is 2.73. The van der Waals surface area contributed by atoms with Crippen LogP contribution in [0, 0.1) is 28.6 Å². The lowest BCUT2D eigenvalue weighted by atomic mass is 9.47. The Bertz CT molecular complexity index is 377. The number of hydrogen-bond acceptors (Lipinski definition) is 1. The molecule has 14 heavy (non-hydrogen) atoms. The second-order valence-corrected chi connectivity index (χ2v) is 5.24. The standard InChI is InChI=1S/C13H17N/c1-8-5-10(9(2)7-14)12-6-11(8)13(12,3)4/h5,11-12H,6H2,1-4H3/b10-9-. The molecule has 1 fully saturated rings. The van der Waals surface area contributed by atoms with Gasteiger partial charge in [0.1, 0.15) is 0 Å². The van der Waals surface area contributed by atoms with E-state index in [1.165, 1.54) is 17.6 Å². The first-order chi connectivity index (χ1) is 6.48. The summed E-state index contributed by atoms with van der Waals surface area (Å²) in [5.74, 6) is 1.37. The molecule has 3 aliphatic rings. The molecule has 1 heteroatoms. The van der Waals surface area contributed by atoms with Crippen molar-refractivity contribution < 1.29 is 0 Å². The van der Waals surface area contributed by atoms with Crippen LogP contribution in [-0.4, -0.2) is 0 Å². The van der Waals surface area contributed by atoms with Gasteiger partial charge < -0.3 is 0 Å². The summed E-state index contributed by atoms with van der Waals surface area (Å²) in [6.07, 6.45) is 3.49. The van der Waals surface area contributed by atoms with Crippen LogP contribution in [0.25, 0.3) is 0 Å². The van der Waals surface area contributed by atoms with Gasteiger partial charge in [-0.1, -0.05) is 25.5 Å². The molecule has 0 aliphatic heterocycles. The quantitative estimate of drug-likeness (QED) is 0.533. The predicted molar refractivity (Wildman–Crippen MR) is 57.4 cm³/mol. The number of nitrogens with zero attached hydrogens (tertiary/aromatic N) is 1. The molecule has 3 aliphatic carbocycles. The Kier molecular flexibility index (Phi) is 1.86. The molecule has 1 saturated carbocycles. The first-order valence-corrected chi connectivity index (χ1v) is 5.27. The molecule has 0 saturated heterocycles. The molecule has 0 radical (unpaired) electrons. The van der Waals surface area contributed by atoms with E-state index in [4.69, 9.17) is 5.26 Å². The van der Waals surface area contributed by atoms with Gasteiger partial charge in [0, 0.05) is 5.57 Å². The molecule has 0 aromatic carbocycles. The molecule has 3 rings (SSSR count). The van der Waals surface area contributed by atoms with Crippen LogP contribution in [0.1, 0.15) is 34.1 Å². The first-order valence-electron chi connectivity index (χ1n) is 5.27. The van der Waals surface area contributed by atoms with E-state index in [2.05, 4.69) is 32.9 Å². The number of allylic oxidation sites excluding steroid dienone is 4. The molecule has 0 aromatic rings. The summed E-state index contributed by atoms with van der Waals surface area (Å²) >= 11 is 0. The summed E-state index contributed by atoms with van der Waals surface area (Å²) < 4.78 is 0. The monoisotopic (exact) mass is 187 g/mol. The molecule has 74 valence electrons. The van der Waals surface area contributed by atoms with E-state index in [9.17, 15) is 0 Å². The normalized spacial score (nSPS) is 36.6. The van der Waals surface area contributed by atoms with E-state index in [0.717, 1.165) is 11.5 Å². The maximum atomic E-state index is 8.94. The lowest BCUT2D eigenvalue weighted by molar-refractivity contribution is 0.0233. The highest BCUT2D eigenvalue weighted by Crippen LogP contribution is 2.61. The predicted octanol–water partition coefficient (Wildman–Crippen LogP) is 3.45. The van der Waals surface area contributed by atoms with E-state index in [-0.39, 0.29) is 0 Å². The number of rotatable bonds is 0. The van der Waals surface area contributed by atoms with Crippen molar-refractivity contribution in [2.24, 2.45) is 17.3 Å². The third-order valence-electron chi connectivity index (χ3n) is 4.18. The maximum Gasteiger partial charge on any atom is 0.0947 e. The molecule has 0 spiro atoms. The zero-order valence-corrected chi connectivity index (χ0v) is 9.39. The Labute approximate surface area is 86.1 Å². The average Bonchev–Trinajstić information content (AvgIpc) is 2.14. The fraction of sp³-hybridized carbons (Fsp3) is 0.615. The van der Waals surface area contributed by atoms with Gasteiger partial charge in [-0.3, -0.25) is 0 Å². The highest BCUT2D eigenvalue weighted by atomic mass is 14.6. The van der Waals surface area contributed by atoms with Crippen molar-refractivity contribution in [3.8, 4) is 6.07 Å². The Morgan fingerprint density at radius 2 is 2.14 bits per heavy atom. The molecule has 0 heterocycles. The van der Waals surface area contributed by atoms with Crippen molar-refractivity contribution in [2.75, 3.05) is 0 Å². The third kappa shape index (κ3) is 1.00. The Balaban J connectivity index is 2.51. The molecular weight excluding hydrogens is 170 g/mol. The van der Waals surface area contributed by atoms with Crippen molar-refractivity contribution in [3.05, 3.63) is 22.8 Å². The van der Waals surface area contributed by atoms with E-state index >= 15 is 0 Å². The van der Waals surface area contributed by atoms with Crippen LogP contribution >= 0.6 is 0 Å². The van der Waals surface area contributed by atoms with Crippen LogP contribution < -0.4 is 0 Å². The van der Waals surface area contributed by atoms with Gasteiger partial charge in [-0.15, -0.1) is 0 Å². The van der Waals surface area contributed by atoms with Crippen molar-refractivity contribution in [3.63, 3.8) is 0 Å². The molecule has 0 amide bonds.